The molecule has 0 fully saturated rings. The standard InChI is InChI=1S/C15H12N2O4/c1-9-5-6-17-14(12(9)8-16)21-13-4-3-10(20-2)7-11(13)15(18)19/h3-7H,1-2H3,(H,18,19). The number of nitrogens with zero attached hydrogens (tertiary/aromatic N) is 2. The summed E-state index contributed by atoms with van der Waals surface area (Å²) in [7, 11) is 1.44. The van der Waals surface area contributed by atoms with Crippen LogP contribution in [0.1, 0.15) is 21.5 Å². The Kier molecular flexibility index (Phi) is 4.05. The molecule has 0 aliphatic heterocycles. The maximum absolute atomic E-state index is 11.3. The first-order valence-electron chi connectivity index (χ1n) is 6.01. The summed E-state index contributed by atoms with van der Waals surface area (Å²) in [6, 6.07) is 8.06. The molecule has 0 amide bonds. The molecule has 0 aliphatic carbocycles. The lowest BCUT2D eigenvalue weighted by Crippen LogP contribution is -2.02. The van der Waals surface area contributed by atoms with E-state index in [1.165, 1.54) is 25.4 Å². The number of benzene rings is 1. The van der Waals surface area contributed by atoms with Gasteiger partial charge in [-0.3, -0.25) is 0 Å². The fourth-order valence-electron chi connectivity index (χ4n) is 1.74. The quantitative estimate of drug-likeness (QED) is 0.928. The van der Waals surface area contributed by atoms with Crippen LogP contribution in [0.3, 0.4) is 0 Å². The van der Waals surface area contributed by atoms with Crippen molar-refractivity contribution in [1.29, 1.82) is 5.26 Å². The fraction of sp³-hybridized carbons (Fsp3) is 0.133. The lowest BCUT2D eigenvalue weighted by molar-refractivity contribution is 0.0693. The van der Waals surface area contributed by atoms with Crippen LogP contribution in [0.4, 0.5) is 0 Å². The topological polar surface area (TPSA) is 92.4 Å². The summed E-state index contributed by atoms with van der Waals surface area (Å²) in [6.45, 7) is 1.75. The van der Waals surface area contributed by atoms with Crippen molar-refractivity contribution in [3.05, 3.63) is 47.2 Å². The molecule has 1 N–H and O–H groups in total. The summed E-state index contributed by atoms with van der Waals surface area (Å²) < 4.78 is 10.5. The van der Waals surface area contributed by atoms with E-state index in [0.717, 1.165) is 0 Å². The fourth-order valence-corrected chi connectivity index (χ4v) is 1.74. The highest BCUT2D eigenvalue weighted by Gasteiger charge is 2.16. The minimum absolute atomic E-state index is 0.0680. The first-order valence-corrected chi connectivity index (χ1v) is 6.01. The predicted octanol–water partition coefficient (Wildman–Crippen LogP) is 2.76. The van der Waals surface area contributed by atoms with Crippen LogP contribution in [-0.4, -0.2) is 23.2 Å². The number of ether oxygens (including phenoxy) is 2. The lowest BCUT2D eigenvalue weighted by atomic mass is 10.1. The van der Waals surface area contributed by atoms with E-state index in [0.29, 0.717) is 11.3 Å². The van der Waals surface area contributed by atoms with E-state index in [2.05, 4.69) is 4.98 Å². The number of hydrogen-bond acceptors (Lipinski definition) is 5. The van der Waals surface area contributed by atoms with Crippen molar-refractivity contribution in [2.75, 3.05) is 7.11 Å². The van der Waals surface area contributed by atoms with Crippen molar-refractivity contribution in [2.45, 2.75) is 6.92 Å². The summed E-state index contributed by atoms with van der Waals surface area (Å²) in [5, 5.41) is 18.4. The summed E-state index contributed by atoms with van der Waals surface area (Å²) in [5.41, 5.74) is 0.902. The molecule has 6 nitrogen and oxygen atoms in total. The number of aromatic carboxylic acids is 1. The molecule has 1 aromatic heterocycles. The Balaban J connectivity index is 2.48. The number of hydrogen-bond donors (Lipinski definition) is 1. The van der Waals surface area contributed by atoms with Gasteiger partial charge in [0.05, 0.1) is 7.11 Å². The number of aryl methyl sites for hydroxylation is 1. The van der Waals surface area contributed by atoms with Gasteiger partial charge in [0.1, 0.15) is 28.7 Å². The van der Waals surface area contributed by atoms with Crippen molar-refractivity contribution in [1.82, 2.24) is 4.98 Å². The van der Waals surface area contributed by atoms with Crippen LogP contribution >= 0.6 is 0 Å². The Hall–Kier alpha value is -3.07. The van der Waals surface area contributed by atoms with E-state index in [4.69, 9.17) is 14.7 Å². The number of rotatable bonds is 4. The average molecular weight is 284 g/mol. The monoisotopic (exact) mass is 284 g/mol. The Morgan fingerprint density at radius 3 is 2.76 bits per heavy atom. The first kappa shape index (κ1) is 14.3. The molecule has 2 rings (SSSR count). The Bertz CT molecular complexity index is 735. The van der Waals surface area contributed by atoms with Gasteiger partial charge < -0.3 is 14.6 Å². The van der Waals surface area contributed by atoms with Gasteiger partial charge in [-0.15, -0.1) is 0 Å². The maximum atomic E-state index is 11.3. The predicted molar refractivity (Wildman–Crippen MR) is 73.7 cm³/mol. The molecule has 21 heavy (non-hydrogen) atoms. The van der Waals surface area contributed by atoms with Crippen molar-refractivity contribution in [3.8, 4) is 23.4 Å². The van der Waals surface area contributed by atoms with E-state index in [1.807, 2.05) is 6.07 Å². The van der Waals surface area contributed by atoms with Crippen LogP contribution in [0.2, 0.25) is 0 Å². The average Bonchev–Trinajstić information content (AvgIpc) is 2.47. The zero-order valence-corrected chi connectivity index (χ0v) is 11.5. The largest absolute Gasteiger partial charge is 0.497 e. The molecule has 1 heterocycles. The number of methoxy groups -OCH3 is 1. The van der Waals surface area contributed by atoms with E-state index in [9.17, 15) is 9.90 Å². The Morgan fingerprint density at radius 1 is 1.38 bits per heavy atom. The molecule has 106 valence electrons. The molecule has 0 saturated heterocycles. The van der Waals surface area contributed by atoms with Crippen LogP contribution in [-0.2, 0) is 0 Å². The molecular weight excluding hydrogens is 272 g/mol. The molecule has 0 unspecified atom stereocenters. The molecule has 6 heteroatoms. The van der Waals surface area contributed by atoms with Crippen LogP contribution in [0, 0.1) is 18.3 Å². The minimum Gasteiger partial charge on any atom is -0.497 e. The highest BCUT2D eigenvalue weighted by atomic mass is 16.5. The van der Waals surface area contributed by atoms with Gasteiger partial charge >= 0.3 is 5.97 Å². The van der Waals surface area contributed by atoms with Gasteiger partial charge in [0.15, 0.2) is 0 Å². The minimum atomic E-state index is -1.16. The van der Waals surface area contributed by atoms with Gasteiger partial charge in [0, 0.05) is 6.20 Å². The van der Waals surface area contributed by atoms with Crippen molar-refractivity contribution in [3.63, 3.8) is 0 Å². The molecule has 0 saturated carbocycles. The van der Waals surface area contributed by atoms with E-state index in [1.54, 1.807) is 19.1 Å². The number of pyridine rings is 1. The van der Waals surface area contributed by atoms with E-state index in [-0.39, 0.29) is 22.8 Å². The zero-order chi connectivity index (χ0) is 15.4. The van der Waals surface area contributed by atoms with Crippen LogP contribution in [0.25, 0.3) is 0 Å². The highest BCUT2D eigenvalue weighted by molar-refractivity contribution is 5.91. The van der Waals surface area contributed by atoms with Crippen LogP contribution < -0.4 is 9.47 Å². The molecule has 1 aromatic carbocycles. The molecule has 0 atom stereocenters. The van der Waals surface area contributed by atoms with Crippen molar-refractivity contribution in [2.24, 2.45) is 0 Å². The normalized spacial score (nSPS) is 9.76. The molecule has 0 radical (unpaired) electrons. The van der Waals surface area contributed by atoms with Crippen LogP contribution in [0.5, 0.6) is 17.4 Å². The molecule has 0 spiro atoms. The summed E-state index contributed by atoms with van der Waals surface area (Å²) >= 11 is 0. The smallest absolute Gasteiger partial charge is 0.339 e. The number of carboxylic acid groups (broad SMARTS) is 1. The van der Waals surface area contributed by atoms with Gasteiger partial charge in [-0.1, -0.05) is 0 Å². The molecule has 0 bridgehead atoms. The molecular formula is C15H12N2O4. The zero-order valence-electron chi connectivity index (χ0n) is 11.5. The summed E-state index contributed by atoms with van der Waals surface area (Å²) in [4.78, 5) is 15.3. The second-order valence-corrected chi connectivity index (χ2v) is 4.19. The molecule has 2 aromatic rings. The SMILES string of the molecule is COc1ccc(Oc2nccc(C)c2C#N)c(C(=O)O)c1. The van der Waals surface area contributed by atoms with Gasteiger partial charge in [0.2, 0.25) is 5.88 Å². The number of carboxylic acids is 1. The first-order chi connectivity index (χ1) is 10.1. The second-order valence-electron chi connectivity index (χ2n) is 4.19. The summed E-state index contributed by atoms with van der Waals surface area (Å²) in [5.74, 6) is -0.587. The third-order valence-corrected chi connectivity index (χ3v) is 2.86. The number of aromatic nitrogens is 1. The van der Waals surface area contributed by atoms with Crippen molar-refractivity contribution >= 4 is 5.97 Å². The van der Waals surface area contributed by atoms with Gasteiger partial charge in [-0.05, 0) is 36.8 Å². The van der Waals surface area contributed by atoms with E-state index < -0.39 is 5.97 Å². The number of nitriles is 1. The number of carbonyl (C=O) groups is 1. The van der Waals surface area contributed by atoms with E-state index >= 15 is 0 Å². The van der Waals surface area contributed by atoms with Crippen LogP contribution in [0.15, 0.2) is 30.5 Å². The van der Waals surface area contributed by atoms with Crippen molar-refractivity contribution < 1.29 is 19.4 Å². The van der Waals surface area contributed by atoms with Gasteiger partial charge in [0.25, 0.3) is 0 Å². The third kappa shape index (κ3) is 2.92. The third-order valence-electron chi connectivity index (χ3n) is 2.86. The summed E-state index contributed by atoms with van der Waals surface area (Å²) in [6.07, 6.45) is 1.50. The Labute approximate surface area is 121 Å². The molecule has 0 aliphatic rings. The maximum Gasteiger partial charge on any atom is 0.339 e. The lowest BCUT2D eigenvalue weighted by Gasteiger charge is -2.11. The second kappa shape index (κ2) is 5.92. The van der Waals surface area contributed by atoms with Gasteiger partial charge in [-0.25, -0.2) is 9.78 Å². The van der Waals surface area contributed by atoms with Gasteiger partial charge in [-0.2, -0.15) is 5.26 Å². The Morgan fingerprint density at radius 2 is 2.14 bits per heavy atom. The highest BCUT2D eigenvalue weighted by Crippen LogP contribution is 2.30.